The van der Waals surface area contributed by atoms with Crippen molar-refractivity contribution in [3.8, 4) is 5.69 Å². The minimum absolute atomic E-state index is 0.0533. The largest absolute Gasteiger partial charge is 0.435 e. The quantitative estimate of drug-likeness (QED) is 0.275. The van der Waals surface area contributed by atoms with E-state index in [-0.39, 0.29) is 22.6 Å². The maximum atomic E-state index is 14.4. The molecule has 4 aromatic rings. The Bertz CT molecular complexity index is 1430. The van der Waals surface area contributed by atoms with Crippen molar-refractivity contribution in [3.05, 3.63) is 119 Å². The molecule has 2 N–H and O–H groups in total. The first kappa shape index (κ1) is 23.7. The second kappa shape index (κ2) is 9.40. The average Bonchev–Trinajstić information content (AvgIpc) is 3.32. The minimum atomic E-state index is -4.82. The highest BCUT2D eigenvalue weighted by molar-refractivity contribution is 6.03. The third kappa shape index (κ3) is 5.05. The van der Waals surface area contributed by atoms with Crippen LogP contribution in [0.2, 0.25) is 0 Å². The van der Waals surface area contributed by atoms with E-state index < -0.39 is 35.4 Å². The Balaban J connectivity index is 1.70. The molecule has 4 rings (SSSR count). The highest BCUT2D eigenvalue weighted by Crippen LogP contribution is 2.31. The number of aliphatic hydroxyl groups is 1. The van der Waals surface area contributed by atoms with Crippen molar-refractivity contribution < 1.29 is 27.5 Å². The van der Waals surface area contributed by atoms with Gasteiger partial charge < -0.3 is 10.4 Å². The Labute approximate surface area is 196 Å². The van der Waals surface area contributed by atoms with Gasteiger partial charge in [0.2, 0.25) is 0 Å². The van der Waals surface area contributed by atoms with Crippen molar-refractivity contribution in [1.82, 2.24) is 9.78 Å². The number of benzene rings is 3. The standard InChI is InChI=1S/C25H16F4N4O2/c1-30-16-8-5-9-18(12-16)33-21(14-22(32-33)25(27,28)29)24(35)31-17-10-11-20(26)19(13-17)23(34)15-6-3-2-4-7-15/h2-14,23,34H,(H,31,35). The molecule has 10 heteroatoms. The lowest BCUT2D eigenvalue weighted by Gasteiger charge is -2.14. The average molecular weight is 480 g/mol. The molecule has 0 saturated carbocycles. The van der Waals surface area contributed by atoms with Crippen LogP contribution in [0.25, 0.3) is 10.5 Å². The molecule has 1 aromatic heterocycles. The molecule has 35 heavy (non-hydrogen) atoms. The molecule has 3 aromatic carbocycles. The molecule has 0 fully saturated rings. The lowest BCUT2D eigenvalue weighted by atomic mass is 10.0. The van der Waals surface area contributed by atoms with Gasteiger partial charge >= 0.3 is 6.18 Å². The van der Waals surface area contributed by atoms with E-state index in [1.165, 1.54) is 36.4 Å². The molecule has 0 aliphatic carbocycles. The second-order valence-electron chi connectivity index (χ2n) is 7.46. The van der Waals surface area contributed by atoms with E-state index in [1.54, 1.807) is 30.3 Å². The fraction of sp³-hybridized carbons (Fsp3) is 0.0800. The number of hydrogen-bond donors (Lipinski definition) is 2. The van der Waals surface area contributed by atoms with Crippen LogP contribution in [0, 0.1) is 12.4 Å². The lowest BCUT2D eigenvalue weighted by molar-refractivity contribution is -0.141. The third-order valence-electron chi connectivity index (χ3n) is 5.10. The number of anilines is 1. The van der Waals surface area contributed by atoms with Crippen molar-refractivity contribution in [2.24, 2.45) is 0 Å². The molecule has 176 valence electrons. The maximum absolute atomic E-state index is 14.4. The van der Waals surface area contributed by atoms with Gasteiger partial charge in [0.25, 0.3) is 5.91 Å². The van der Waals surface area contributed by atoms with Crippen LogP contribution < -0.4 is 5.32 Å². The number of carbonyl (C=O) groups is 1. The van der Waals surface area contributed by atoms with E-state index >= 15 is 0 Å². The van der Waals surface area contributed by atoms with Gasteiger partial charge in [-0.25, -0.2) is 13.9 Å². The molecule has 1 atom stereocenters. The maximum Gasteiger partial charge on any atom is 0.435 e. The molecule has 1 amide bonds. The molecular formula is C25H16F4N4O2. The number of aliphatic hydroxyl groups excluding tert-OH is 1. The van der Waals surface area contributed by atoms with Crippen molar-refractivity contribution in [3.63, 3.8) is 0 Å². The molecule has 0 bridgehead atoms. The van der Waals surface area contributed by atoms with Crippen molar-refractivity contribution in [2.45, 2.75) is 12.3 Å². The number of halogens is 4. The number of rotatable bonds is 5. The summed E-state index contributed by atoms with van der Waals surface area (Å²) in [5.74, 6) is -1.67. The monoisotopic (exact) mass is 480 g/mol. The normalized spacial score (nSPS) is 12.1. The van der Waals surface area contributed by atoms with Crippen LogP contribution in [0.4, 0.5) is 28.9 Å². The predicted octanol–water partition coefficient (Wildman–Crippen LogP) is 5.91. The second-order valence-corrected chi connectivity index (χ2v) is 7.46. The summed E-state index contributed by atoms with van der Waals surface area (Å²) < 4.78 is 55.3. The third-order valence-corrected chi connectivity index (χ3v) is 5.10. The molecule has 0 aliphatic heterocycles. The lowest BCUT2D eigenvalue weighted by Crippen LogP contribution is -2.17. The fourth-order valence-corrected chi connectivity index (χ4v) is 3.41. The Morgan fingerprint density at radius 3 is 2.46 bits per heavy atom. The first-order valence-corrected chi connectivity index (χ1v) is 10.2. The minimum Gasteiger partial charge on any atom is -0.384 e. The van der Waals surface area contributed by atoms with Crippen LogP contribution in [0.15, 0.2) is 78.9 Å². The fourth-order valence-electron chi connectivity index (χ4n) is 3.41. The van der Waals surface area contributed by atoms with Crippen LogP contribution in [0.5, 0.6) is 0 Å². The Kier molecular flexibility index (Phi) is 6.36. The van der Waals surface area contributed by atoms with Gasteiger partial charge in [0, 0.05) is 17.3 Å². The van der Waals surface area contributed by atoms with Gasteiger partial charge in [0.05, 0.1) is 12.3 Å². The zero-order valence-electron chi connectivity index (χ0n) is 17.8. The van der Waals surface area contributed by atoms with E-state index in [2.05, 4.69) is 15.3 Å². The molecule has 1 unspecified atom stereocenters. The first-order valence-electron chi connectivity index (χ1n) is 10.2. The summed E-state index contributed by atoms with van der Waals surface area (Å²) in [5, 5.41) is 16.5. The highest BCUT2D eigenvalue weighted by Gasteiger charge is 2.36. The van der Waals surface area contributed by atoms with Gasteiger partial charge in [-0.2, -0.15) is 18.3 Å². The van der Waals surface area contributed by atoms with E-state index in [0.717, 1.165) is 10.7 Å². The smallest absolute Gasteiger partial charge is 0.384 e. The Morgan fingerprint density at radius 1 is 1.03 bits per heavy atom. The number of alkyl halides is 3. The summed E-state index contributed by atoms with van der Waals surface area (Å²) in [7, 11) is 0. The number of nitrogens with zero attached hydrogens (tertiary/aromatic N) is 3. The van der Waals surface area contributed by atoms with Gasteiger partial charge in [-0.05, 0) is 35.9 Å². The van der Waals surface area contributed by atoms with Crippen LogP contribution in [0.1, 0.15) is 33.4 Å². The number of nitrogens with one attached hydrogen (secondary N) is 1. The molecule has 0 radical (unpaired) electrons. The molecule has 0 spiro atoms. The Morgan fingerprint density at radius 2 is 1.77 bits per heavy atom. The van der Waals surface area contributed by atoms with Crippen LogP contribution in [-0.4, -0.2) is 20.8 Å². The van der Waals surface area contributed by atoms with Gasteiger partial charge in [-0.3, -0.25) is 4.79 Å². The van der Waals surface area contributed by atoms with Crippen molar-refractivity contribution in [1.29, 1.82) is 0 Å². The van der Waals surface area contributed by atoms with Crippen LogP contribution in [-0.2, 0) is 6.18 Å². The highest BCUT2D eigenvalue weighted by atomic mass is 19.4. The molecular weight excluding hydrogens is 464 g/mol. The summed E-state index contributed by atoms with van der Waals surface area (Å²) in [6, 6.07) is 17.9. The van der Waals surface area contributed by atoms with Gasteiger partial charge in [-0.15, -0.1) is 0 Å². The summed E-state index contributed by atoms with van der Waals surface area (Å²) in [6.07, 6.45) is -6.15. The number of aromatic nitrogens is 2. The number of amides is 1. The van der Waals surface area contributed by atoms with Gasteiger partial charge in [-0.1, -0.05) is 42.5 Å². The number of carbonyl (C=O) groups excluding carboxylic acids is 1. The predicted molar refractivity (Wildman–Crippen MR) is 120 cm³/mol. The van der Waals surface area contributed by atoms with E-state index in [9.17, 15) is 27.5 Å². The van der Waals surface area contributed by atoms with Crippen LogP contribution >= 0.6 is 0 Å². The summed E-state index contributed by atoms with van der Waals surface area (Å²) in [5.41, 5.74) is -1.16. The Hall–Kier alpha value is -4.49. The summed E-state index contributed by atoms with van der Waals surface area (Å²) in [6.45, 7) is 7.11. The number of hydrogen-bond acceptors (Lipinski definition) is 3. The van der Waals surface area contributed by atoms with Crippen molar-refractivity contribution >= 4 is 17.3 Å². The zero-order chi connectivity index (χ0) is 25.2. The first-order chi connectivity index (χ1) is 16.7. The SMILES string of the molecule is [C-]#[N+]c1cccc(-n2nc(C(F)(F)F)cc2C(=O)Nc2ccc(F)c(C(O)c3ccccc3)c2)c1. The summed E-state index contributed by atoms with van der Waals surface area (Å²) in [4.78, 5) is 16.2. The topological polar surface area (TPSA) is 71.5 Å². The van der Waals surface area contributed by atoms with E-state index in [1.807, 2.05) is 0 Å². The van der Waals surface area contributed by atoms with Gasteiger partial charge in [0.15, 0.2) is 11.4 Å². The van der Waals surface area contributed by atoms with E-state index in [0.29, 0.717) is 11.6 Å². The molecule has 0 saturated heterocycles. The molecule has 1 heterocycles. The molecule has 0 aliphatic rings. The van der Waals surface area contributed by atoms with Gasteiger partial charge in [0.1, 0.15) is 17.6 Å². The summed E-state index contributed by atoms with van der Waals surface area (Å²) >= 11 is 0. The van der Waals surface area contributed by atoms with E-state index in [4.69, 9.17) is 6.57 Å². The van der Waals surface area contributed by atoms with Crippen LogP contribution in [0.3, 0.4) is 0 Å². The molecule has 6 nitrogen and oxygen atoms in total. The zero-order valence-corrected chi connectivity index (χ0v) is 17.8. The van der Waals surface area contributed by atoms with Crippen molar-refractivity contribution in [2.75, 3.05) is 5.32 Å².